The fourth-order valence-electron chi connectivity index (χ4n) is 2.74. The maximum Gasteiger partial charge on any atom is 0.248 e. The Morgan fingerprint density at radius 1 is 0.966 bits per heavy atom. The Morgan fingerprint density at radius 2 is 1.69 bits per heavy atom. The number of carbonyl (C=O) groups excluding carboxylic acids is 1. The van der Waals surface area contributed by atoms with Crippen molar-refractivity contribution in [3.05, 3.63) is 96.1 Å². The molecule has 0 unspecified atom stereocenters. The van der Waals surface area contributed by atoms with Crippen molar-refractivity contribution in [2.45, 2.75) is 15.5 Å². The maximum atomic E-state index is 12.5. The third-order valence-corrected chi connectivity index (χ3v) is 6.64. The van der Waals surface area contributed by atoms with Gasteiger partial charge in [-0.15, -0.1) is 11.8 Å². The van der Waals surface area contributed by atoms with E-state index in [1.54, 1.807) is 72.4 Å². The minimum absolute atomic E-state index is 0.127. The molecule has 0 heterocycles. The fraction of sp³-hybridized carbons (Fsp3) is 0.0870. The van der Waals surface area contributed by atoms with Crippen LogP contribution >= 0.6 is 11.8 Å². The summed E-state index contributed by atoms with van der Waals surface area (Å²) >= 11 is 1.66. The SMILES string of the molecule is CSc1ccc(/C=C/C(=O)Nc2cccc(CS(=O)(=O)c3ccccc3)c2)cc1. The molecule has 148 valence electrons. The van der Waals surface area contributed by atoms with Crippen molar-refractivity contribution in [1.82, 2.24) is 0 Å². The number of anilines is 1. The fourth-order valence-corrected chi connectivity index (χ4v) is 4.51. The van der Waals surface area contributed by atoms with E-state index in [2.05, 4.69) is 5.32 Å². The van der Waals surface area contributed by atoms with Crippen LogP contribution in [0.1, 0.15) is 11.1 Å². The topological polar surface area (TPSA) is 63.2 Å². The molecule has 6 heteroatoms. The van der Waals surface area contributed by atoms with Gasteiger partial charge in [0.1, 0.15) is 0 Å². The van der Waals surface area contributed by atoms with Gasteiger partial charge in [0.25, 0.3) is 0 Å². The van der Waals surface area contributed by atoms with Crippen LogP contribution < -0.4 is 5.32 Å². The summed E-state index contributed by atoms with van der Waals surface area (Å²) in [5.74, 6) is -0.403. The molecule has 0 bridgehead atoms. The Morgan fingerprint density at radius 3 is 2.38 bits per heavy atom. The highest BCUT2D eigenvalue weighted by Gasteiger charge is 2.15. The maximum absolute atomic E-state index is 12.5. The van der Waals surface area contributed by atoms with Crippen LogP contribution in [0.25, 0.3) is 6.08 Å². The van der Waals surface area contributed by atoms with Crippen molar-refractivity contribution in [3.8, 4) is 0 Å². The molecule has 1 amide bonds. The first-order chi connectivity index (χ1) is 14.0. The van der Waals surface area contributed by atoms with Crippen LogP contribution in [0.4, 0.5) is 5.69 Å². The average Bonchev–Trinajstić information content (AvgIpc) is 2.73. The number of thioether (sulfide) groups is 1. The van der Waals surface area contributed by atoms with E-state index in [4.69, 9.17) is 0 Å². The number of hydrogen-bond acceptors (Lipinski definition) is 4. The van der Waals surface area contributed by atoms with Gasteiger partial charge in [-0.05, 0) is 59.9 Å². The molecule has 0 aliphatic heterocycles. The molecule has 0 spiro atoms. The summed E-state index contributed by atoms with van der Waals surface area (Å²) in [4.78, 5) is 13.6. The van der Waals surface area contributed by atoms with Crippen LogP contribution in [0.15, 0.2) is 94.7 Å². The Bertz CT molecular complexity index is 1110. The van der Waals surface area contributed by atoms with Crippen LogP contribution in [0.3, 0.4) is 0 Å². The van der Waals surface area contributed by atoms with E-state index in [-0.39, 0.29) is 16.6 Å². The van der Waals surface area contributed by atoms with Crippen molar-refractivity contribution in [2.75, 3.05) is 11.6 Å². The van der Waals surface area contributed by atoms with E-state index in [1.165, 1.54) is 6.08 Å². The summed E-state index contributed by atoms with van der Waals surface area (Å²) in [7, 11) is -3.44. The van der Waals surface area contributed by atoms with Crippen molar-refractivity contribution < 1.29 is 13.2 Å². The lowest BCUT2D eigenvalue weighted by Crippen LogP contribution is -2.09. The van der Waals surface area contributed by atoms with Crippen LogP contribution in [-0.4, -0.2) is 20.6 Å². The molecule has 1 N–H and O–H groups in total. The first-order valence-electron chi connectivity index (χ1n) is 8.96. The highest BCUT2D eigenvalue weighted by Crippen LogP contribution is 2.19. The zero-order chi connectivity index (χ0) is 20.7. The van der Waals surface area contributed by atoms with Gasteiger partial charge in [0.15, 0.2) is 9.84 Å². The van der Waals surface area contributed by atoms with Gasteiger partial charge in [-0.2, -0.15) is 0 Å². The Balaban J connectivity index is 1.66. The van der Waals surface area contributed by atoms with E-state index >= 15 is 0 Å². The van der Waals surface area contributed by atoms with Crippen LogP contribution in [0.2, 0.25) is 0 Å². The van der Waals surface area contributed by atoms with E-state index in [0.29, 0.717) is 11.3 Å². The quantitative estimate of drug-likeness (QED) is 0.427. The van der Waals surface area contributed by atoms with Gasteiger partial charge in [0.05, 0.1) is 10.6 Å². The summed E-state index contributed by atoms with van der Waals surface area (Å²) in [5, 5.41) is 2.78. The molecule has 3 aromatic rings. The lowest BCUT2D eigenvalue weighted by Gasteiger charge is -2.07. The molecule has 3 rings (SSSR count). The van der Waals surface area contributed by atoms with Crippen LogP contribution in [0, 0.1) is 0 Å². The Labute approximate surface area is 175 Å². The number of sulfone groups is 1. The second kappa shape index (κ2) is 9.58. The molecule has 0 aromatic heterocycles. The second-order valence-electron chi connectivity index (χ2n) is 6.37. The highest BCUT2D eigenvalue weighted by molar-refractivity contribution is 7.98. The highest BCUT2D eigenvalue weighted by atomic mass is 32.2. The van der Waals surface area contributed by atoms with Crippen molar-refractivity contribution >= 4 is 39.3 Å². The summed E-state index contributed by atoms with van der Waals surface area (Å²) in [6.07, 6.45) is 5.21. The van der Waals surface area contributed by atoms with E-state index in [9.17, 15) is 13.2 Å². The zero-order valence-corrected chi connectivity index (χ0v) is 17.5. The number of carbonyl (C=O) groups is 1. The third kappa shape index (κ3) is 6.07. The Hall–Kier alpha value is -2.83. The van der Waals surface area contributed by atoms with Gasteiger partial charge >= 0.3 is 0 Å². The summed E-state index contributed by atoms with van der Waals surface area (Å²) < 4.78 is 25.1. The van der Waals surface area contributed by atoms with Gasteiger partial charge < -0.3 is 5.32 Å². The molecule has 0 fully saturated rings. The zero-order valence-electron chi connectivity index (χ0n) is 15.9. The van der Waals surface area contributed by atoms with Gasteiger partial charge in [0, 0.05) is 16.7 Å². The lowest BCUT2D eigenvalue weighted by molar-refractivity contribution is -0.111. The van der Waals surface area contributed by atoms with Gasteiger partial charge in [0.2, 0.25) is 5.91 Å². The first-order valence-corrected chi connectivity index (χ1v) is 11.8. The largest absolute Gasteiger partial charge is 0.323 e. The van der Waals surface area contributed by atoms with Gasteiger partial charge in [-0.1, -0.05) is 42.5 Å². The number of benzene rings is 3. The monoisotopic (exact) mass is 423 g/mol. The molecule has 0 radical (unpaired) electrons. The number of amides is 1. The molecule has 4 nitrogen and oxygen atoms in total. The lowest BCUT2D eigenvalue weighted by atomic mass is 10.2. The summed E-state index contributed by atoms with van der Waals surface area (Å²) in [6, 6.07) is 23.1. The minimum atomic E-state index is -3.44. The Kier molecular flexibility index (Phi) is 6.90. The van der Waals surface area contributed by atoms with E-state index in [1.807, 2.05) is 30.5 Å². The summed E-state index contributed by atoms with van der Waals surface area (Å²) in [5.41, 5.74) is 2.10. The minimum Gasteiger partial charge on any atom is -0.323 e. The van der Waals surface area contributed by atoms with E-state index < -0.39 is 9.84 Å². The predicted octanol–water partition coefficient (Wildman–Crippen LogP) is 5.03. The number of nitrogens with one attached hydrogen (secondary N) is 1. The molecular weight excluding hydrogens is 402 g/mol. The normalized spacial score (nSPS) is 11.5. The molecule has 0 atom stereocenters. The standard InChI is InChI=1S/C23H21NO3S2/c1-28-21-13-10-18(11-14-21)12-15-23(25)24-20-7-5-6-19(16-20)17-29(26,27)22-8-3-2-4-9-22/h2-16H,17H2,1H3,(H,24,25)/b15-12+. The smallest absolute Gasteiger partial charge is 0.248 e. The molecule has 0 saturated carbocycles. The van der Waals surface area contributed by atoms with Crippen molar-refractivity contribution in [3.63, 3.8) is 0 Å². The van der Waals surface area contributed by atoms with Gasteiger partial charge in [-0.3, -0.25) is 4.79 Å². The predicted molar refractivity (Wildman–Crippen MR) is 120 cm³/mol. The van der Waals surface area contributed by atoms with Crippen LogP contribution in [-0.2, 0) is 20.4 Å². The molecule has 0 aliphatic rings. The first kappa shape index (κ1) is 20.9. The number of hydrogen-bond donors (Lipinski definition) is 1. The average molecular weight is 424 g/mol. The van der Waals surface area contributed by atoms with Crippen LogP contribution in [0.5, 0.6) is 0 Å². The van der Waals surface area contributed by atoms with Gasteiger partial charge in [-0.25, -0.2) is 8.42 Å². The summed E-state index contributed by atoms with van der Waals surface area (Å²) in [6.45, 7) is 0. The molecule has 0 aliphatic carbocycles. The van der Waals surface area contributed by atoms with E-state index in [0.717, 1.165) is 10.5 Å². The molecule has 0 saturated heterocycles. The molecule has 29 heavy (non-hydrogen) atoms. The number of rotatable bonds is 7. The van der Waals surface area contributed by atoms with Crippen molar-refractivity contribution in [1.29, 1.82) is 0 Å². The third-order valence-electron chi connectivity index (χ3n) is 4.20. The van der Waals surface area contributed by atoms with Crippen molar-refractivity contribution in [2.24, 2.45) is 0 Å². The second-order valence-corrected chi connectivity index (χ2v) is 9.24. The molecule has 3 aromatic carbocycles. The molecular formula is C23H21NO3S2.